The second kappa shape index (κ2) is 11.8. The number of nitrogens with one attached hydrogen (secondary N) is 2. The number of amides is 1. The summed E-state index contributed by atoms with van der Waals surface area (Å²) in [5.41, 5.74) is 5.61. The Kier molecular flexibility index (Phi) is 7.69. The highest BCUT2D eigenvalue weighted by Crippen LogP contribution is 2.24. The van der Waals surface area contributed by atoms with Gasteiger partial charge in [-0.3, -0.25) is 4.79 Å². The van der Waals surface area contributed by atoms with Gasteiger partial charge in [0.15, 0.2) is 0 Å². The standard InChI is InChI=1S/C30H35N7O2/c38-29(31-14-3-17-35-15-1-2-16-35)24-6-4-23(5-7-24)28-13-12-27-22-32-30(34-37(27)28)33-25-8-10-26(11-9-25)36-18-20-39-21-19-36/h4-13,22H,1-3,14-21H2,(H,31,38)(H,33,34). The number of rotatable bonds is 9. The third-order valence-corrected chi connectivity index (χ3v) is 7.48. The minimum Gasteiger partial charge on any atom is -0.378 e. The van der Waals surface area contributed by atoms with Crippen molar-refractivity contribution in [3.05, 3.63) is 72.4 Å². The summed E-state index contributed by atoms with van der Waals surface area (Å²) in [6.07, 6.45) is 5.38. The smallest absolute Gasteiger partial charge is 0.251 e. The number of aromatic nitrogens is 3. The van der Waals surface area contributed by atoms with Crippen LogP contribution < -0.4 is 15.5 Å². The Labute approximate surface area is 228 Å². The van der Waals surface area contributed by atoms with Crippen molar-refractivity contribution in [2.75, 3.05) is 62.7 Å². The van der Waals surface area contributed by atoms with Crippen molar-refractivity contribution in [3.8, 4) is 11.3 Å². The Balaban J connectivity index is 1.09. The molecular weight excluding hydrogens is 490 g/mol. The van der Waals surface area contributed by atoms with E-state index in [0.29, 0.717) is 18.1 Å². The molecule has 2 saturated heterocycles. The Bertz CT molecular complexity index is 1390. The topological polar surface area (TPSA) is 87.0 Å². The van der Waals surface area contributed by atoms with E-state index < -0.39 is 0 Å². The Morgan fingerprint density at radius 3 is 2.44 bits per heavy atom. The molecule has 0 radical (unpaired) electrons. The number of carbonyl (C=O) groups excluding carboxylic acids is 1. The van der Waals surface area contributed by atoms with E-state index >= 15 is 0 Å². The lowest BCUT2D eigenvalue weighted by Gasteiger charge is -2.28. The lowest BCUT2D eigenvalue weighted by molar-refractivity contribution is 0.0952. The largest absolute Gasteiger partial charge is 0.378 e. The first-order valence-corrected chi connectivity index (χ1v) is 13.9. The van der Waals surface area contributed by atoms with Crippen LogP contribution in [0.15, 0.2) is 66.9 Å². The van der Waals surface area contributed by atoms with Gasteiger partial charge in [-0.05, 0) is 87.4 Å². The van der Waals surface area contributed by atoms with Crippen molar-refractivity contribution in [1.82, 2.24) is 24.8 Å². The lowest BCUT2D eigenvalue weighted by Crippen LogP contribution is -2.36. The third-order valence-electron chi connectivity index (χ3n) is 7.48. The molecule has 0 bridgehead atoms. The molecule has 2 aliphatic rings. The SMILES string of the molecule is O=C(NCCCN1CCCC1)c1ccc(-c2ccc3cnc(Nc4ccc(N5CCOCC5)cc4)nn23)cc1. The lowest BCUT2D eigenvalue weighted by atomic mass is 10.1. The first-order chi connectivity index (χ1) is 19.2. The number of fused-ring (bicyclic) bond motifs is 1. The van der Waals surface area contributed by atoms with Gasteiger partial charge >= 0.3 is 0 Å². The average Bonchev–Trinajstić information content (AvgIpc) is 3.66. The van der Waals surface area contributed by atoms with Gasteiger partial charge in [-0.25, -0.2) is 9.50 Å². The molecule has 39 heavy (non-hydrogen) atoms. The van der Waals surface area contributed by atoms with E-state index in [1.54, 1.807) is 0 Å². The molecular formula is C30H35N7O2. The molecule has 2 aromatic heterocycles. The van der Waals surface area contributed by atoms with Gasteiger partial charge in [-0.15, -0.1) is 5.10 Å². The number of ether oxygens (including phenoxy) is 1. The molecule has 1 amide bonds. The monoisotopic (exact) mass is 525 g/mol. The van der Waals surface area contributed by atoms with E-state index in [2.05, 4.69) is 37.6 Å². The number of carbonyl (C=O) groups is 1. The zero-order valence-electron chi connectivity index (χ0n) is 22.2. The first-order valence-electron chi connectivity index (χ1n) is 13.9. The second-order valence-corrected chi connectivity index (χ2v) is 10.1. The van der Waals surface area contributed by atoms with E-state index in [9.17, 15) is 4.79 Å². The fourth-order valence-corrected chi connectivity index (χ4v) is 5.29. The molecule has 2 aromatic carbocycles. The number of anilines is 3. The van der Waals surface area contributed by atoms with Crippen molar-refractivity contribution in [3.63, 3.8) is 0 Å². The first kappa shape index (κ1) is 25.3. The molecule has 4 heterocycles. The summed E-state index contributed by atoms with van der Waals surface area (Å²) >= 11 is 0. The van der Waals surface area contributed by atoms with E-state index in [1.165, 1.54) is 31.6 Å². The molecule has 0 unspecified atom stereocenters. The molecule has 2 fully saturated rings. The summed E-state index contributed by atoms with van der Waals surface area (Å²) in [7, 11) is 0. The quantitative estimate of drug-likeness (QED) is 0.317. The maximum atomic E-state index is 12.6. The Morgan fingerprint density at radius 1 is 0.897 bits per heavy atom. The van der Waals surface area contributed by atoms with Gasteiger partial charge < -0.3 is 25.2 Å². The van der Waals surface area contributed by atoms with Crippen LogP contribution in [-0.4, -0.2) is 77.9 Å². The van der Waals surface area contributed by atoms with Gasteiger partial charge in [0.05, 0.1) is 30.6 Å². The highest BCUT2D eigenvalue weighted by atomic mass is 16.5. The van der Waals surface area contributed by atoms with Gasteiger partial charge in [0, 0.05) is 42.1 Å². The van der Waals surface area contributed by atoms with Crippen LogP contribution in [0.3, 0.4) is 0 Å². The van der Waals surface area contributed by atoms with Crippen LogP contribution in [0, 0.1) is 0 Å². The second-order valence-electron chi connectivity index (χ2n) is 10.1. The van der Waals surface area contributed by atoms with Gasteiger partial charge in [0.1, 0.15) is 0 Å². The van der Waals surface area contributed by atoms with E-state index in [1.807, 2.05) is 59.2 Å². The summed E-state index contributed by atoms with van der Waals surface area (Å²) < 4.78 is 7.33. The summed E-state index contributed by atoms with van der Waals surface area (Å²) in [6.45, 7) is 7.48. The fourth-order valence-electron chi connectivity index (χ4n) is 5.29. The van der Waals surface area contributed by atoms with Crippen LogP contribution in [0.25, 0.3) is 16.8 Å². The predicted octanol–water partition coefficient (Wildman–Crippen LogP) is 4.19. The van der Waals surface area contributed by atoms with Gasteiger partial charge in [-0.1, -0.05) is 12.1 Å². The van der Waals surface area contributed by atoms with Crippen LogP contribution in [0.2, 0.25) is 0 Å². The molecule has 0 aliphatic carbocycles. The third kappa shape index (κ3) is 6.05. The average molecular weight is 526 g/mol. The number of morpholine rings is 1. The van der Waals surface area contributed by atoms with Crippen molar-refractivity contribution in [2.45, 2.75) is 19.3 Å². The summed E-state index contributed by atoms with van der Waals surface area (Å²) in [5, 5.41) is 11.1. The number of hydrogen-bond donors (Lipinski definition) is 2. The van der Waals surface area contributed by atoms with Crippen molar-refractivity contribution in [2.24, 2.45) is 0 Å². The number of hydrogen-bond acceptors (Lipinski definition) is 7. The molecule has 0 saturated carbocycles. The maximum absolute atomic E-state index is 12.6. The molecule has 9 nitrogen and oxygen atoms in total. The van der Waals surface area contributed by atoms with Gasteiger partial charge in [0.25, 0.3) is 5.91 Å². The zero-order chi connectivity index (χ0) is 26.4. The number of benzene rings is 2. The maximum Gasteiger partial charge on any atom is 0.251 e. The fraction of sp³-hybridized carbons (Fsp3) is 0.367. The van der Waals surface area contributed by atoms with Gasteiger partial charge in [0.2, 0.25) is 5.95 Å². The van der Waals surface area contributed by atoms with Crippen molar-refractivity contribution < 1.29 is 9.53 Å². The van der Waals surface area contributed by atoms with Crippen molar-refractivity contribution in [1.29, 1.82) is 0 Å². The molecule has 6 rings (SSSR count). The van der Waals surface area contributed by atoms with Crippen molar-refractivity contribution >= 4 is 28.7 Å². The zero-order valence-corrected chi connectivity index (χ0v) is 22.2. The van der Waals surface area contributed by atoms with Crippen LogP contribution in [0.4, 0.5) is 17.3 Å². The summed E-state index contributed by atoms with van der Waals surface area (Å²) in [5.74, 6) is 0.487. The molecule has 4 aromatic rings. The van der Waals surface area contributed by atoms with E-state index in [0.717, 1.165) is 61.7 Å². The van der Waals surface area contributed by atoms with Crippen LogP contribution in [0.1, 0.15) is 29.6 Å². The molecule has 9 heteroatoms. The molecule has 202 valence electrons. The van der Waals surface area contributed by atoms with E-state index in [4.69, 9.17) is 9.84 Å². The van der Waals surface area contributed by atoms with Crippen LogP contribution >= 0.6 is 0 Å². The summed E-state index contributed by atoms with van der Waals surface area (Å²) in [4.78, 5) is 21.9. The van der Waals surface area contributed by atoms with Gasteiger partial charge in [-0.2, -0.15) is 0 Å². The van der Waals surface area contributed by atoms with Crippen LogP contribution in [0.5, 0.6) is 0 Å². The highest BCUT2D eigenvalue weighted by Gasteiger charge is 2.13. The predicted molar refractivity (Wildman–Crippen MR) is 154 cm³/mol. The molecule has 0 atom stereocenters. The minimum absolute atomic E-state index is 0.0311. The van der Waals surface area contributed by atoms with E-state index in [-0.39, 0.29) is 5.91 Å². The molecule has 0 spiro atoms. The normalized spacial score (nSPS) is 16.1. The summed E-state index contributed by atoms with van der Waals surface area (Å²) in [6, 6.07) is 20.0. The molecule has 2 aliphatic heterocycles. The Morgan fingerprint density at radius 2 is 1.67 bits per heavy atom. The van der Waals surface area contributed by atoms with Crippen LogP contribution in [-0.2, 0) is 4.74 Å². The molecule has 2 N–H and O–H groups in total. The highest BCUT2D eigenvalue weighted by molar-refractivity contribution is 5.94. The number of nitrogens with zero attached hydrogens (tertiary/aromatic N) is 5. The Hall–Kier alpha value is -3.95. The minimum atomic E-state index is -0.0311. The number of likely N-dealkylation sites (tertiary alicyclic amines) is 1.